The number of amides is 4. The van der Waals surface area contributed by atoms with E-state index >= 15 is 0 Å². The van der Waals surface area contributed by atoms with Crippen molar-refractivity contribution >= 4 is 58.5 Å². The van der Waals surface area contributed by atoms with Crippen molar-refractivity contribution in [2.45, 2.75) is 116 Å². The number of hydrogen-bond acceptors (Lipinski definition) is 9. The molecule has 15 nitrogen and oxygen atoms in total. The van der Waals surface area contributed by atoms with Crippen LogP contribution in [0.2, 0.25) is 10.0 Å². The number of anilines is 2. The monoisotopic (exact) mass is 832 g/mol. The Morgan fingerprint density at radius 2 is 1.19 bits per heavy atom. The van der Waals surface area contributed by atoms with Crippen LogP contribution in [0.5, 0.6) is 5.88 Å². The van der Waals surface area contributed by atoms with Crippen LogP contribution in [0, 0.1) is 11.8 Å². The molecule has 4 amide bonds. The van der Waals surface area contributed by atoms with Gasteiger partial charge in [0.05, 0.1) is 34.6 Å². The summed E-state index contributed by atoms with van der Waals surface area (Å²) in [5.41, 5.74) is 4.55. The van der Waals surface area contributed by atoms with Gasteiger partial charge in [-0.25, -0.2) is 14.6 Å². The van der Waals surface area contributed by atoms with Crippen LogP contribution in [0.25, 0.3) is 22.3 Å². The molecular weight excluding hydrogens is 783 g/mol. The number of hydrogen-bond donors (Lipinski definition) is 4. The van der Waals surface area contributed by atoms with Crippen LogP contribution in [0.15, 0.2) is 36.9 Å². The summed E-state index contributed by atoms with van der Waals surface area (Å²) in [7, 11) is 0. The highest BCUT2D eigenvalue weighted by Crippen LogP contribution is 2.38. The van der Waals surface area contributed by atoms with Gasteiger partial charge in [0.2, 0.25) is 29.5 Å². The molecule has 0 spiro atoms. The Kier molecular flexibility index (Phi) is 13.3. The van der Waals surface area contributed by atoms with E-state index in [1.807, 2.05) is 21.6 Å². The third-order valence-electron chi connectivity index (χ3n) is 11.2. The summed E-state index contributed by atoms with van der Waals surface area (Å²) in [4.78, 5) is 56.8. The first kappa shape index (κ1) is 41.2. The van der Waals surface area contributed by atoms with Crippen molar-refractivity contribution in [3.05, 3.63) is 52.7 Å². The van der Waals surface area contributed by atoms with E-state index in [0.29, 0.717) is 47.0 Å². The molecule has 2 fully saturated rings. The summed E-state index contributed by atoms with van der Waals surface area (Å²) in [6, 6.07) is 3.69. The molecule has 17 heteroatoms. The van der Waals surface area contributed by atoms with Crippen LogP contribution >= 0.6 is 23.2 Å². The standard InChI is InChI=1S/C21H26ClN5O2.C20H24ClN5O3/c1-13(28)25-15-6-4-5-14(9-15)21(29)26-20-10-16(18(22)12-23-20)17-11-24-27-8-3-2-7-19(17)27;1-12(27)24-14-5-2-4-13(8-14)19(28)25-18-9-15(17(21)11-22-18)16-10-23-26-6-3-7-29-20(16)26/h10-12,14-15H,2-9H2,1H3,(H,25,28)(H,23,26,29);9-11,13-14H,2-8H2,1H3,(H,24,27)(H,22,25,28)/t14-,15+;13-,14+/m10/s1. The normalized spacial score (nSPS) is 21.2. The number of nitrogens with zero attached hydrogens (tertiary/aromatic N) is 6. The number of nitrogens with one attached hydrogen (secondary N) is 4. The molecule has 2 aliphatic heterocycles. The van der Waals surface area contributed by atoms with Gasteiger partial charge < -0.3 is 26.0 Å². The topological polar surface area (TPSA) is 187 Å². The minimum atomic E-state index is -0.159. The zero-order valence-corrected chi connectivity index (χ0v) is 34.4. The number of rotatable bonds is 8. The third kappa shape index (κ3) is 9.98. The fourth-order valence-electron chi connectivity index (χ4n) is 8.48. The van der Waals surface area contributed by atoms with Gasteiger partial charge in [0.1, 0.15) is 11.6 Å². The van der Waals surface area contributed by atoms with Crippen LogP contribution in [-0.2, 0) is 38.7 Å². The Labute approximate surface area is 347 Å². The summed E-state index contributed by atoms with van der Waals surface area (Å²) in [6.07, 6.45) is 17.4. The first-order valence-electron chi connectivity index (χ1n) is 20.2. The van der Waals surface area contributed by atoms with E-state index in [2.05, 4.69) is 41.4 Å². The number of aromatic nitrogens is 6. The fraction of sp³-hybridized carbons (Fsp3) is 0.512. The number of carbonyl (C=O) groups is 4. The molecule has 2 aliphatic carbocycles. The number of pyridine rings is 2. The molecule has 4 aliphatic rings. The number of halogens is 2. The zero-order chi connectivity index (χ0) is 40.8. The summed E-state index contributed by atoms with van der Waals surface area (Å²) >= 11 is 12.8. The van der Waals surface area contributed by atoms with E-state index in [4.69, 9.17) is 27.9 Å². The molecule has 308 valence electrons. The maximum atomic E-state index is 12.8. The van der Waals surface area contributed by atoms with Gasteiger partial charge in [0, 0.05) is 92.1 Å². The van der Waals surface area contributed by atoms with Crippen molar-refractivity contribution in [1.29, 1.82) is 0 Å². The van der Waals surface area contributed by atoms with Crippen LogP contribution in [0.4, 0.5) is 11.6 Å². The van der Waals surface area contributed by atoms with Crippen molar-refractivity contribution in [3.63, 3.8) is 0 Å². The number of aryl methyl sites for hydroxylation is 2. The van der Waals surface area contributed by atoms with Gasteiger partial charge in [-0.2, -0.15) is 10.2 Å². The van der Waals surface area contributed by atoms with Crippen LogP contribution in [-0.4, -0.2) is 71.8 Å². The highest BCUT2D eigenvalue weighted by atomic mass is 35.5. The van der Waals surface area contributed by atoms with Crippen LogP contribution in [0.1, 0.15) is 90.2 Å². The Morgan fingerprint density at radius 3 is 1.78 bits per heavy atom. The second-order valence-corrected chi connectivity index (χ2v) is 16.4. The zero-order valence-electron chi connectivity index (χ0n) is 32.9. The van der Waals surface area contributed by atoms with Gasteiger partial charge in [-0.05, 0) is 69.9 Å². The van der Waals surface area contributed by atoms with Crippen molar-refractivity contribution in [2.24, 2.45) is 11.8 Å². The molecule has 0 saturated heterocycles. The lowest BCUT2D eigenvalue weighted by Gasteiger charge is -2.28. The molecule has 4 N–H and O–H groups in total. The lowest BCUT2D eigenvalue weighted by molar-refractivity contribution is -0.123. The van der Waals surface area contributed by atoms with E-state index in [1.54, 1.807) is 18.5 Å². The maximum Gasteiger partial charge on any atom is 0.228 e. The van der Waals surface area contributed by atoms with Gasteiger partial charge in [-0.3, -0.25) is 23.9 Å². The Balaban J connectivity index is 0.000000177. The second kappa shape index (κ2) is 18.7. The first-order valence-corrected chi connectivity index (χ1v) is 21.0. The molecule has 58 heavy (non-hydrogen) atoms. The molecule has 0 bridgehead atoms. The van der Waals surface area contributed by atoms with Crippen molar-refractivity contribution < 1.29 is 23.9 Å². The molecular formula is C41H50Cl2N10O5. The molecule has 0 aromatic carbocycles. The Bertz CT molecular complexity index is 2000. The van der Waals surface area contributed by atoms with Gasteiger partial charge in [0.25, 0.3) is 0 Å². The molecule has 0 unspecified atom stereocenters. The molecule has 0 radical (unpaired) electrons. The molecule has 4 atom stereocenters. The Hall–Kier alpha value is -5.02. The highest BCUT2D eigenvalue weighted by Gasteiger charge is 2.30. The molecule has 6 heterocycles. The van der Waals surface area contributed by atoms with Gasteiger partial charge in [-0.15, -0.1) is 0 Å². The predicted octanol–water partition coefficient (Wildman–Crippen LogP) is 6.58. The average molecular weight is 834 g/mol. The predicted molar refractivity (Wildman–Crippen MR) is 220 cm³/mol. The van der Waals surface area contributed by atoms with Gasteiger partial charge in [-0.1, -0.05) is 36.0 Å². The third-order valence-corrected chi connectivity index (χ3v) is 11.8. The number of ether oxygens (including phenoxy) is 1. The second-order valence-electron chi connectivity index (χ2n) is 15.6. The average Bonchev–Trinajstić information content (AvgIpc) is 3.84. The summed E-state index contributed by atoms with van der Waals surface area (Å²) < 4.78 is 9.62. The SMILES string of the molecule is CC(=O)N[C@@H]1CCC[C@H](C(=O)Nc2cc(-c3cnn4c3OCCC4)c(Cl)cn2)C1.CC(=O)N[C@H]1CCC[C@@H](C(=O)Nc2cc(-c3cnn4c3CCCC4)c(Cl)cn2)C1. The van der Waals surface area contributed by atoms with Gasteiger partial charge >= 0.3 is 0 Å². The highest BCUT2D eigenvalue weighted by molar-refractivity contribution is 6.33. The van der Waals surface area contributed by atoms with E-state index in [0.717, 1.165) is 99.6 Å². The largest absolute Gasteiger partial charge is 0.477 e. The lowest BCUT2D eigenvalue weighted by atomic mass is 9.85. The number of fused-ring (bicyclic) bond motifs is 2. The van der Waals surface area contributed by atoms with Gasteiger partial charge in [0.15, 0.2) is 0 Å². The summed E-state index contributed by atoms with van der Waals surface area (Å²) in [5.74, 6) is 1.06. The molecule has 4 aromatic heterocycles. The van der Waals surface area contributed by atoms with Crippen LogP contribution in [0.3, 0.4) is 0 Å². The van der Waals surface area contributed by atoms with Crippen molar-refractivity contribution in [3.8, 4) is 28.1 Å². The summed E-state index contributed by atoms with van der Waals surface area (Å²) in [5, 5.41) is 21.6. The van der Waals surface area contributed by atoms with E-state index < -0.39 is 0 Å². The van der Waals surface area contributed by atoms with Crippen molar-refractivity contribution in [2.75, 3.05) is 17.2 Å². The lowest BCUT2D eigenvalue weighted by Crippen LogP contribution is -2.40. The number of carbonyl (C=O) groups excluding carboxylic acids is 4. The first-order chi connectivity index (χ1) is 28.0. The summed E-state index contributed by atoms with van der Waals surface area (Å²) in [6.45, 7) is 5.39. The Morgan fingerprint density at radius 1 is 0.655 bits per heavy atom. The minimum Gasteiger partial charge on any atom is -0.477 e. The van der Waals surface area contributed by atoms with E-state index in [-0.39, 0.29) is 47.5 Å². The quantitative estimate of drug-likeness (QED) is 0.152. The van der Waals surface area contributed by atoms with Crippen LogP contribution < -0.4 is 26.0 Å². The molecule has 4 aromatic rings. The molecule has 8 rings (SSSR count). The smallest absolute Gasteiger partial charge is 0.228 e. The minimum absolute atomic E-state index is 0.0434. The van der Waals surface area contributed by atoms with E-state index in [1.165, 1.54) is 25.7 Å². The van der Waals surface area contributed by atoms with Crippen molar-refractivity contribution in [1.82, 2.24) is 40.2 Å². The fourth-order valence-corrected chi connectivity index (χ4v) is 8.89. The van der Waals surface area contributed by atoms with E-state index in [9.17, 15) is 19.2 Å². The maximum absolute atomic E-state index is 12.8. The molecule has 2 saturated carbocycles.